The lowest BCUT2D eigenvalue weighted by molar-refractivity contribution is 0.103. The number of amides is 3. The van der Waals surface area contributed by atoms with Gasteiger partial charge in [0.25, 0.3) is 5.91 Å². The molecule has 1 aromatic heterocycles. The Balaban J connectivity index is 1.84. The van der Waals surface area contributed by atoms with E-state index in [0.717, 1.165) is 0 Å². The summed E-state index contributed by atoms with van der Waals surface area (Å²) in [5, 5.41) is 10.7. The lowest BCUT2D eigenvalue weighted by atomic mass is 10.2. The smallest absolute Gasteiger partial charge is 0.323 e. The molecule has 0 saturated carbocycles. The Morgan fingerprint density at radius 1 is 0.903 bits per heavy atom. The maximum Gasteiger partial charge on any atom is 0.323 e. The summed E-state index contributed by atoms with van der Waals surface area (Å²) < 4.78 is 11.4. The quantitative estimate of drug-likeness (QED) is 0.380. The van der Waals surface area contributed by atoms with Gasteiger partial charge in [0.1, 0.15) is 11.5 Å². The molecule has 0 unspecified atom stereocenters. The molecule has 2 aromatic carbocycles. The molecule has 3 rings (SSSR count). The molecule has 0 radical (unpaired) electrons. The number of thiophene rings is 1. The molecule has 0 aliphatic carbocycles. The third-order valence-electron chi connectivity index (χ3n) is 4.02. The SMILES string of the molecule is CCOc1cc(NC(=O)c2cccs2)c(OCC)cc1NC(=O)Nc1ccc(Cl)cc1. The third-order valence-corrected chi connectivity index (χ3v) is 5.15. The predicted molar refractivity (Wildman–Crippen MR) is 125 cm³/mol. The molecule has 1 heterocycles. The van der Waals surface area contributed by atoms with Crippen LogP contribution in [0.25, 0.3) is 0 Å². The molecule has 0 aliphatic heterocycles. The first-order valence-corrected chi connectivity index (χ1v) is 10.9. The fraction of sp³-hybridized carbons (Fsp3) is 0.182. The van der Waals surface area contributed by atoms with Crippen LogP contribution >= 0.6 is 22.9 Å². The van der Waals surface area contributed by atoms with Crippen LogP contribution < -0.4 is 25.4 Å². The minimum Gasteiger partial charge on any atom is -0.492 e. The van der Waals surface area contributed by atoms with E-state index in [4.69, 9.17) is 21.1 Å². The van der Waals surface area contributed by atoms with E-state index in [1.165, 1.54) is 11.3 Å². The molecule has 9 heteroatoms. The highest BCUT2D eigenvalue weighted by atomic mass is 35.5. The van der Waals surface area contributed by atoms with E-state index in [-0.39, 0.29) is 5.91 Å². The van der Waals surface area contributed by atoms with Gasteiger partial charge in [0.05, 0.1) is 29.5 Å². The van der Waals surface area contributed by atoms with Crippen molar-refractivity contribution in [2.45, 2.75) is 13.8 Å². The Morgan fingerprint density at radius 2 is 1.52 bits per heavy atom. The summed E-state index contributed by atoms with van der Waals surface area (Å²) in [6.07, 6.45) is 0. The molecule has 0 spiro atoms. The second kappa shape index (κ2) is 10.7. The van der Waals surface area contributed by atoms with Crippen LogP contribution in [0.2, 0.25) is 5.02 Å². The summed E-state index contributed by atoms with van der Waals surface area (Å²) >= 11 is 7.22. The van der Waals surface area contributed by atoms with Gasteiger partial charge in [-0.1, -0.05) is 17.7 Å². The molecular formula is C22H22ClN3O4S. The molecule has 3 aromatic rings. The van der Waals surface area contributed by atoms with E-state index in [2.05, 4.69) is 16.0 Å². The molecule has 0 atom stereocenters. The number of hydrogen-bond acceptors (Lipinski definition) is 5. The van der Waals surface area contributed by atoms with Gasteiger partial charge in [-0.25, -0.2) is 4.79 Å². The van der Waals surface area contributed by atoms with E-state index in [9.17, 15) is 9.59 Å². The van der Waals surface area contributed by atoms with Gasteiger partial charge in [0, 0.05) is 22.8 Å². The first-order chi connectivity index (χ1) is 15.0. The molecule has 0 aliphatic rings. The van der Waals surface area contributed by atoms with Crippen LogP contribution in [0.3, 0.4) is 0 Å². The molecule has 162 valence electrons. The molecule has 7 nitrogen and oxygen atoms in total. The second-order valence-electron chi connectivity index (χ2n) is 6.23. The molecule has 3 amide bonds. The lowest BCUT2D eigenvalue weighted by Crippen LogP contribution is -2.20. The summed E-state index contributed by atoms with van der Waals surface area (Å²) in [5.74, 6) is 0.566. The van der Waals surface area contributed by atoms with Crippen molar-refractivity contribution in [2.75, 3.05) is 29.2 Å². The van der Waals surface area contributed by atoms with Crippen LogP contribution in [0.4, 0.5) is 21.9 Å². The number of urea groups is 1. The Bertz CT molecular complexity index is 1040. The van der Waals surface area contributed by atoms with E-state index < -0.39 is 6.03 Å². The number of rotatable bonds is 8. The predicted octanol–water partition coefficient (Wildman–Crippen LogP) is 6.10. The average molecular weight is 460 g/mol. The zero-order valence-electron chi connectivity index (χ0n) is 17.0. The standard InChI is InChI=1S/C22H22ClN3O4S/c1-3-29-18-13-17(26-22(28)24-15-9-7-14(23)8-10-15)19(30-4-2)12-16(18)25-21(27)20-6-5-11-31-20/h5-13H,3-4H2,1-2H3,(H,25,27)(H2,24,26,28). The number of carbonyl (C=O) groups excluding carboxylic acids is 2. The zero-order valence-corrected chi connectivity index (χ0v) is 18.6. The van der Waals surface area contributed by atoms with Crippen molar-refractivity contribution in [3.05, 3.63) is 63.8 Å². The molecule has 0 bridgehead atoms. The fourth-order valence-electron chi connectivity index (χ4n) is 2.71. The van der Waals surface area contributed by atoms with Crippen molar-refractivity contribution in [3.8, 4) is 11.5 Å². The van der Waals surface area contributed by atoms with Crippen LogP contribution in [-0.2, 0) is 0 Å². The highest BCUT2D eigenvalue weighted by Crippen LogP contribution is 2.37. The van der Waals surface area contributed by atoms with Gasteiger partial charge < -0.3 is 25.4 Å². The van der Waals surface area contributed by atoms with Gasteiger partial charge in [-0.2, -0.15) is 0 Å². The highest BCUT2D eigenvalue weighted by molar-refractivity contribution is 7.12. The minimum absolute atomic E-state index is 0.250. The molecule has 31 heavy (non-hydrogen) atoms. The Morgan fingerprint density at radius 3 is 2.06 bits per heavy atom. The maximum absolute atomic E-state index is 12.5. The lowest BCUT2D eigenvalue weighted by Gasteiger charge is -2.18. The van der Waals surface area contributed by atoms with Crippen molar-refractivity contribution >= 4 is 51.9 Å². The van der Waals surface area contributed by atoms with Crippen molar-refractivity contribution in [1.82, 2.24) is 0 Å². The Kier molecular flexibility index (Phi) is 7.75. The Hall–Kier alpha value is -3.23. The molecule has 0 fully saturated rings. The normalized spacial score (nSPS) is 10.3. The van der Waals surface area contributed by atoms with E-state index in [1.54, 1.807) is 48.5 Å². The van der Waals surface area contributed by atoms with Crippen molar-refractivity contribution < 1.29 is 19.1 Å². The number of benzene rings is 2. The van der Waals surface area contributed by atoms with Crippen LogP contribution in [0, 0.1) is 0 Å². The number of hydrogen-bond donors (Lipinski definition) is 3. The van der Waals surface area contributed by atoms with Crippen LogP contribution in [-0.4, -0.2) is 25.2 Å². The monoisotopic (exact) mass is 459 g/mol. The number of halogens is 1. The second-order valence-corrected chi connectivity index (χ2v) is 7.61. The summed E-state index contributed by atoms with van der Waals surface area (Å²) in [6.45, 7) is 4.42. The topological polar surface area (TPSA) is 88.7 Å². The van der Waals surface area contributed by atoms with Gasteiger partial charge in [-0.3, -0.25) is 4.79 Å². The molecule has 3 N–H and O–H groups in total. The van der Waals surface area contributed by atoms with Crippen molar-refractivity contribution in [1.29, 1.82) is 0 Å². The number of nitrogens with one attached hydrogen (secondary N) is 3. The molecular weight excluding hydrogens is 438 g/mol. The number of anilines is 3. The number of carbonyl (C=O) groups is 2. The summed E-state index contributed by atoms with van der Waals surface area (Å²) in [4.78, 5) is 25.6. The van der Waals surface area contributed by atoms with Gasteiger partial charge in [0.2, 0.25) is 0 Å². The first kappa shape index (κ1) is 22.5. The van der Waals surface area contributed by atoms with Crippen LogP contribution in [0.1, 0.15) is 23.5 Å². The van der Waals surface area contributed by atoms with E-state index in [0.29, 0.717) is 51.7 Å². The van der Waals surface area contributed by atoms with Gasteiger partial charge >= 0.3 is 6.03 Å². The minimum atomic E-state index is -0.457. The summed E-state index contributed by atoms with van der Waals surface area (Å²) in [6, 6.07) is 13.1. The fourth-order valence-corrected chi connectivity index (χ4v) is 3.46. The van der Waals surface area contributed by atoms with Gasteiger partial charge in [-0.15, -0.1) is 11.3 Å². The summed E-state index contributed by atoms with van der Waals surface area (Å²) in [7, 11) is 0. The van der Waals surface area contributed by atoms with Crippen molar-refractivity contribution in [3.63, 3.8) is 0 Å². The average Bonchev–Trinajstić information content (AvgIpc) is 3.28. The van der Waals surface area contributed by atoms with E-state index >= 15 is 0 Å². The molecule has 0 saturated heterocycles. The van der Waals surface area contributed by atoms with Crippen LogP contribution in [0.5, 0.6) is 11.5 Å². The maximum atomic E-state index is 12.5. The highest BCUT2D eigenvalue weighted by Gasteiger charge is 2.17. The number of ether oxygens (including phenoxy) is 2. The third kappa shape index (κ3) is 6.13. The van der Waals surface area contributed by atoms with Crippen LogP contribution in [0.15, 0.2) is 53.9 Å². The van der Waals surface area contributed by atoms with Gasteiger partial charge in [-0.05, 0) is 49.6 Å². The first-order valence-electron chi connectivity index (χ1n) is 9.62. The zero-order chi connectivity index (χ0) is 22.2. The van der Waals surface area contributed by atoms with Crippen molar-refractivity contribution in [2.24, 2.45) is 0 Å². The Labute approximate surface area is 189 Å². The largest absolute Gasteiger partial charge is 0.492 e. The van der Waals surface area contributed by atoms with Gasteiger partial charge in [0.15, 0.2) is 0 Å². The van der Waals surface area contributed by atoms with E-state index in [1.807, 2.05) is 19.2 Å². The summed E-state index contributed by atoms with van der Waals surface area (Å²) in [5.41, 5.74) is 1.45.